The molecule has 7 nitrogen and oxygen atoms in total. The fraction of sp³-hybridized carbons (Fsp3) is 0.667. The molecule has 3 saturated carbocycles. The molecule has 34 heavy (non-hydrogen) atoms. The van der Waals surface area contributed by atoms with Gasteiger partial charge in [0.1, 0.15) is 6.54 Å². The zero-order chi connectivity index (χ0) is 23.4. The lowest BCUT2D eigenvalue weighted by molar-refractivity contribution is -0.138. The summed E-state index contributed by atoms with van der Waals surface area (Å²) in [4.78, 5) is 35.1. The summed E-state index contributed by atoms with van der Waals surface area (Å²) >= 11 is 0. The van der Waals surface area contributed by atoms with Gasteiger partial charge in [0.25, 0.3) is 5.91 Å². The molecule has 0 radical (unpaired) electrons. The van der Waals surface area contributed by atoms with Crippen molar-refractivity contribution in [1.82, 2.24) is 19.4 Å². The number of aryl methyl sites for hydroxylation is 1. The second kappa shape index (κ2) is 8.67. The summed E-state index contributed by atoms with van der Waals surface area (Å²) in [6.07, 6.45) is 10.4. The van der Waals surface area contributed by atoms with Gasteiger partial charge >= 0.3 is 0 Å². The number of carbonyl (C=O) groups is 2. The van der Waals surface area contributed by atoms with Crippen molar-refractivity contribution in [2.75, 3.05) is 19.6 Å². The van der Waals surface area contributed by atoms with Crippen LogP contribution in [0.25, 0.3) is 11.0 Å². The lowest BCUT2D eigenvalue weighted by Gasteiger charge is -2.41. The Morgan fingerprint density at radius 3 is 2.38 bits per heavy atom. The maximum Gasteiger partial charge on any atom is 0.290 e. The van der Waals surface area contributed by atoms with Crippen molar-refractivity contribution in [2.24, 2.45) is 7.05 Å². The molecule has 1 aliphatic heterocycles. The highest BCUT2D eigenvalue weighted by molar-refractivity contribution is 5.98. The van der Waals surface area contributed by atoms with Crippen LogP contribution in [-0.2, 0) is 11.8 Å². The van der Waals surface area contributed by atoms with Gasteiger partial charge in [0.15, 0.2) is 5.82 Å². The second-order valence-corrected chi connectivity index (χ2v) is 11.0. The van der Waals surface area contributed by atoms with Crippen molar-refractivity contribution in [1.29, 1.82) is 0 Å². The molecule has 0 atom stereocenters. The number of imidazole rings is 1. The van der Waals surface area contributed by atoms with Gasteiger partial charge in [-0.2, -0.15) is 0 Å². The molecule has 2 heterocycles. The molecular weight excluding hydrogens is 428 g/mol. The fourth-order valence-corrected chi connectivity index (χ4v) is 6.49. The van der Waals surface area contributed by atoms with Gasteiger partial charge in [0.05, 0.1) is 17.1 Å². The quantitative estimate of drug-likeness (QED) is 0.748. The monoisotopic (exact) mass is 464 g/mol. The summed E-state index contributed by atoms with van der Waals surface area (Å²) in [6.45, 7) is 1.22. The van der Waals surface area contributed by atoms with Gasteiger partial charge in [-0.1, -0.05) is 18.9 Å². The van der Waals surface area contributed by atoms with Gasteiger partial charge in [-0.15, -0.1) is 0 Å². The normalized spacial score (nSPS) is 26.6. The van der Waals surface area contributed by atoms with E-state index in [1.54, 1.807) is 4.90 Å². The molecule has 0 bridgehead atoms. The minimum atomic E-state index is -0.235. The number of rotatable bonds is 4. The number of aliphatic hydroxyl groups is 1. The predicted octanol–water partition coefficient (Wildman–Crippen LogP) is 3.70. The lowest BCUT2D eigenvalue weighted by Crippen LogP contribution is -2.56. The van der Waals surface area contributed by atoms with Gasteiger partial charge < -0.3 is 19.5 Å². The van der Waals surface area contributed by atoms with E-state index in [2.05, 4.69) is 12.1 Å². The van der Waals surface area contributed by atoms with Gasteiger partial charge in [-0.25, -0.2) is 4.98 Å². The number of benzene rings is 1. The van der Waals surface area contributed by atoms with Crippen LogP contribution in [0.15, 0.2) is 12.1 Å². The number of carbonyl (C=O) groups excluding carboxylic acids is 2. The maximum atomic E-state index is 13.6. The van der Waals surface area contributed by atoms with Crippen LogP contribution in [0.5, 0.6) is 0 Å². The van der Waals surface area contributed by atoms with E-state index in [0.29, 0.717) is 30.7 Å². The second-order valence-electron chi connectivity index (χ2n) is 11.0. The topological polar surface area (TPSA) is 78.7 Å². The van der Waals surface area contributed by atoms with Crippen LogP contribution in [0.3, 0.4) is 0 Å². The molecule has 1 aromatic carbocycles. The van der Waals surface area contributed by atoms with Crippen molar-refractivity contribution in [3.8, 4) is 0 Å². The molecule has 4 fully saturated rings. The van der Waals surface area contributed by atoms with Gasteiger partial charge in [-0.3, -0.25) is 9.59 Å². The summed E-state index contributed by atoms with van der Waals surface area (Å²) in [6, 6.07) is 4.81. The first-order valence-corrected chi connectivity index (χ1v) is 13.3. The Balaban J connectivity index is 1.25. The zero-order valence-electron chi connectivity index (χ0n) is 20.2. The summed E-state index contributed by atoms with van der Waals surface area (Å²) < 4.78 is 1.96. The number of aliphatic hydroxyl groups excluding tert-OH is 1. The van der Waals surface area contributed by atoms with Crippen molar-refractivity contribution in [3.63, 3.8) is 0 Å². The van der Waals surface area contributed by atoms with Crippen molar-refractivity contribution >= 4 is 22.8 Å². The Bertz CT molecular complexity index is 1110. The van der Waals surface area contributed by atoms with E-state index < -0.39 is 0 Å². The summed E-state index contributed by atoms with van der Waals surface area (Å²) in [5.41, 5.74) is 4.76. The Labute approximate surface area is 201 Å². The van der Waals surface area contributed by atoms with Crippen LogP contribution >= 0.6 is 0 Å². The van der Waals surface area contributed by atoms with Crippen LogP contribution in [0.2, 0.25) is 0 Å². The third-order valence-electron chi connectivity index (χ3n) is 8.72. The van der Waals surface area contributed by atoms with E-state index in [1.165, 1.54) is 49.7 Å². The number of hydrogen-bond acceptors (Lipinski definition) is 4. The minimum absolute atomic E-state index is 0.0161. The number of aromatic nitrogens is 2. The molecular formula is C27H36N4O3. The molecule has 1 saturated heterocycles. The largest absolute Gasteiger partial charge is 0.393 e. The third-order valence-corrected chi connectivity index (χ3v) is 8.72. The first kappa shape index (κ1) is 22.1. The van der Waals surface area contributed by atoms with Crippen molar-refractivity contribution in [3.05, 3.63) is 29.1 Å². The molecule has 182 valence electrons. The number of fused-ring (bicyclic) bond motifs is 1. The molecule has 4 aliphatic rings. The lowest BCUT2D eigenvalue weighted by atomic mass is 9.91. The van der Waals surface area contributed by atoms with E-state index >= 15 is 0 Å². The van der Waals surface area contributed by atoms with E-state index in [1.807, 2.05) is 16.5 Å². The highest BCUT2D eigenvalue weighted by atomic mass is 16.3. The summed E-state index contributed by atoms with van der Waals surface area (Å²) in [7, 11) is 1.95. The van der Waals surface area contributed by atoms with Crippen LogP contribution in [0.4, 0.5) is 0 Å². The van der Waals surface area contributed by atoms with Crippen molar-refractivity contribution in [2.45, 2.75) is 88.2 Å². The predicted molar refractivity (Wildman–Crippen MR) is 130 cm³/mol. The smallest absolute Gasteiger partial charge is 0.290 e. The molecule has 3 aliphatic carbocycles. The molecule has 1 aromatic heterocycles. The molecule has 2 aromatic rings. The number of amides is 2. The van der Waals surface area contributed by atoms with Crippen LogP contribution in [-0.4, -0.2) is 68.1 Å². The molecule has 1 N–H and O–H groups in total. The van der Waals surface area contributed by atoms with Crippen LogP contribution in [0.1, 0.15) is 97.8 Å². The highest BCUT2D eigenvalue weighted by Crippen LogP contribution is 2.45. The average Bonchev–Trinajstić information content (AvgIpc) is 3.45. The zero-order valence-corrected chi connectivity index (χ0v) is 20.2. The number of hydrogen-bond donors (Lipinski definition) is 1. The van der Waals surface area contributed by atoms with Crippen LogP contribution in [0, 0.1) is 0 Å². The summed E-state index contributed by atoms with van der Waals surface area (Å²) in [5, 5.41) is 9.79. The minimum Gasteiger partial charge on any atom is -0.393 e. The van der Waals surface area contributed by atoms with Gasteiger partial charge in [0.2, 0.25) is 5.91 Å². The number of piperazine rings is 1. The molecule has 0 spiro atoms. The summed E-state index contributed by atoms with van der Waals surface area (Å²) in [5.74, 6) is 1.52. The van der Waals surface area contributed by atoms with Crippen molar-refractivity contribution < 1.29 is 14.7 Å². The standard InChI is InChI=1S/C27H36N4O3/c1-29-23-15-19(17-6-7-17)14-22(18-4-2-3-5-18)25(23)28-26(29)27(34)30-12-13-31(24(33)16-30)20-8-10-21(32)11-9-20/h14-15,17-18,20-21,32H,2-13,16H2,1H3/t20-,21-. The average molecular weight is 465 g/mol. The Kier molecular flexibility index (Phi) is 5.63. The van der Waals surface area contributed by atoms with E-state index in [4.69, 9.17) is 4.98 Å². The molecule has 7 heteroatoms. The van der Waals surface area contributed by atoms with E-state index in [0.717, 1.165) is 36.7 Å². The highest BCUT2D eigenvalue weighted by Gasteiger charge is 2.35. The number of nitrogens with zero attached hydrogens (tertiary/aromatic N) is 4. The first-order chi connectivity index (χ1) is 16.5. The Morgan fingerprint density at radius 1 is 0.971 bits per heavy atom. The van der Waals surface area contributed by atoms with Crippen LogP contribution < -0.4 is 0 Å². The molecule has 2 amide bonds. The maximum absolute atomic E-state index is 13.6. The third kappa shape index (κ3) is 3.92. The molecule has 0 unspecified atom stereocenters. The SMILES string of the molecule is Cn1c(C(=O)N2CCN([C@H]3CC[C@H](O)CC3)C(=O)C2)nc2c(C3CCCC3)cc(C3CC3)cc21. The van der Waals surface area contributed by atoms with E-state index in [-0.39, 0.29) is 30.5 Å². The van der Waals surface area contributed by atoms with E-state index in [9.17, 15) is 14.7 Å². The first-order valence-electron chi connectivity index (χ1n) is 13.3. The van der Waals surface area contributed by atoms with Gasteiger partial charge in [0, 0.05) is 26.2 Å². The fourth-order valence-electron chi connectivity index (χ4n) is 6.49. The Morgan fingerprint density at radius 2 is 1.71 bits per heavy atom. The Hall–Kier alpha value is -2.41. The molecule has 6 rings (SSSR count). The van der Waals surface area contributed by atoms with Gasteiger partial charge in [-0.05, 0) is 80.4 Å².